The lowest BCUT2D eigenvalue weighted by molar-refractivity contribution is -0.130. The van der Waals surface area contributed by atoms with E-state index in [2.05, 4.69) is 22.8 Å². The Hall–Kier alpha value is -1.97. The summed E-state index contributed by atoms with van der Waals surface area (Å²) in [5.74, 6) is 0.326. The fourth-order valence-corrected chi connectivity index (χ4v) is 4.05. The number of hydrogen-bond acceptors (Lipinski definition) is 4. The molecular formula is C19H25FN4O. The third kappa shape index (κ3) is 4.00. The Morgan fingerprint density at radius 1 is 1.28 bits per heavy atom. The Morgan fingerprint density at radius 2 is 2.00 bits per heavy atom. The Labute approximate surface area is 148 Å². The largest absolute Gasteiger partial charge is 0.340 e. The molecule has 2 aliphatic rings. The van der Waals surface area contributed by atoms with E-state index in [1.54, 1.807) is 13.0 Å². The van der Waals surface area contributed by atoms with Crippen molar-refractivity contribution in [2.45, 2.75) is 26.4 Å². The van der Waals surface area contributed by atoms with Crippen LogP contribution in [0.15, 0.2) is 18.2 Å². The summed E-state index contributed by atoms with van der Waals surface area (Å²) in [6.45, 7) is 9.93. The second kappa shape index (κ2) is 7.51. The Morgan fingerprint density at radius 3 is 2.64 bits per heavy atom. The maximum absolute atomic E-state index is 13.3. The lowest BCUT2D eigenvalue weighted by atomic mass is 10.0. The second-order valence-corrected chi connectivity index (χ2v) is 7.19. The maximum Gasteiger partial charge on any atom is 0.219 e. The van der Waals surface area contributed by atoms with E-state index in [1.165, 1.54) is 12.1 Å². The molecule has 2 atom stereocenters. The number of halogens is 1. The zero-order valence-corrected chi connectivity index (χ0v) is 14.9. The molecule has 1 aromatic rings. The second-order valence-electron chi connectivity index (χ2n) is 7.19. The molecule has 2 fully saturated rings. The molecule has 2 saturated heterocycles. The number of piperazine rings is 1. The summed E-state index contributed by atoms with van der Waals surface area (Å²) in [6.07, 6.45) is 0. The van der Waals surface area contributed by atoms with E-state index in [0.717, 1.165) is 44.8 Å². The molecule has 6 heteroatoms. The number of carbonyl (C=O) groups excluding carboxylic acids is 1. The highest BCUT2D eigenvalue weighted by Crippen LogP contribution is 2.25. The topological polar surface area (TPSA) is 50.6 Å². The van der Waals surface area contributed by atoms with Crippen LogP contribution in [-0.4, -0.2) is 65.9 Å². The minimum absolute atomic E-state index is 0.154. The molecule has 134 valence electrons. The summed E-state index contributed by atoms with van der Waals surface area (Å²) >= 11 is 0. The van der Waals surface area contributed by atoms with Crippen molar-refractivity contribution < 1.29 is 9.18 Å². The smallest absolute Gasteiger partial charge is 0.219 e. The van der Waals surface area contributed by atoms with E-state index in [9.17, 15) is 14.4 Å². The van der Waals surface area contributed by atoms with Crippen molar-refractivity contribution in [2.24, 2.45) is 5.92 Å². The zero-order chi connectivity index (χ0) is 18.0. The van der Waals surface area contributed by atoms with Gasteiger partial charge in [0, 0.05) is 58.8 Å². The summed E-state index contributed by atoms with van der Waals surface area (Å²) in [4.78, 5) is 18.2. The molecule has 0 aromatic heterocycles. The molecule has 0 aliphatic carbocycles. The van der Waals surface area contributed by atoms with E-state index in [1.807, 2.05) is 4.90 Å². The SMILES string of the molecule is CC(=O)N1CCN([C@H]2CN(Cc3ccc(F)cc3C#N)C[C@H]2C)CC1. The van der Waals surface area contributed by atoms with Gasteiger partial charge in [-0.1, -0.05) is 13.0 Å². The predicted octanol–water partition coefficient (Wildman–Crippen LogP) is 1.68. The predicted molar refractivity (Wildman–Crippen MR) is 93.2 cm³/mol. The Balaban J connectivity index is 1.61. The van der Waals surface area contributed by atoms with Crippen LogP contribution < -0.4 is 0 Å². The Kier molecular flexibility index (Phi) is 5.36. The van der Waals surface area contributed by atoms with Crippen LogP contribution in [0.4, 0.5) is 4.39 Å². The van der Waals surface area contributed by atoms with E-state index >= 15 is 0 Å². The first-order valence-corrected chi connectivity index (χ1v) is 8.88. The van der Waals surface area contributed by atoms with Crippen molar-refractivity contribution >= 4 is 5.91 Å². The van der Waals surface area contributed by atoms with Crippen molar-refractivity contribution in [3.63, 3.8) is 0 Å². The van der Waals surface area contributed by atoms with Gasteiger partial charge in [-0.15, -0.1) is 0 Å². The summed E-state index contributed by atoms with van der Waals surface area (Å²) in [5.41, 5.74) is 1.31. The molecular weight excluding hydrogens is 319 g/mol. The van der Waals surface area contributed by atoms with Crippen LogP contribution >= 0.6 is 0 Å². The van der Waals surface area contributed by atoms with E-state index < -0.39 is 0 Å². The van der Waals surface area contributed by atoms with Gasteiger partial charge in [0.05, 0.1) is 11.6 Å². The van der Waals surface area contributed by atoms with Crippen LogP contribution in [0.5, 0.6) is 0 Å². The van der Waals surface area contributed by atoms with Gasteiger partial charge in [0.2, 0.25) is 5.91 Å². The third-order valence-electron chi connectivity index (χ3n) is 5.46. The van der Waals surface area contributed by atoms with Crippen molar-refractivity contribution in [1.29, 1.82) is 5.26 Å². The van der Waals surface area contributed by atoms with Gasteiger partial charge >= 0.3 is 0 Å². The highest BCUT2D eigenvalue weighted by Gasteiger charge is 2.35. The highest BCUT2D eigenvalue weighted by molar-refractivity contribution is 5.73. The minimum Gasteiger partial charge on any atom is -0.340 e. The molecule has 1 amide bonds. The lowest BCUT2D eigenvalue weighted by Gasteiger charge is -2.39. The lowest BCUT2D eigenvalue weighted by Crippen LogP contribution is -2.53. The van der Waals surface area contributed by atoms with Crippen LogP contribution in [-0.2, 0) is 11.3 Å². The fourth-order valence-electron chi connectivity index (χ4n) is 4.05. The number of hydrogen-bond donors (Lipinski definition) is 0. The Bertz CT molecular complexity index is 678. The molecule has 0 N–H and O–H groups in total. The summed E-state index contributed by atoms with van der Waals surface area (Å²) < 4.78 is 13.3. The average Bonchev–Trinajstić information content (AvgIpc) is 2.97. The van der Waals surface area contributed by atoms with Gasteiger partial charge in [-0.05, 0) is 23.6 Å². The van der Waals surface area contributed by atoms with E-state index in [4.69, 9.17) is 0 Å². The molecule has 2 aliphatic heterocycles. The van der Waals surface area contributed by atoms with Crippen LogP contribution in [0, 0.1) is 23.1 Å². The van der Waals surface area contributed by atoms with Crippen LogP contribution in [0.3, 0.4) is 0 Å². The van der Waals surface area contributed by atoms with Gasteiger partial charge in [0.15, 0.2) is 0 Å². The summed E-state index contributed by atoms with van der Waals surface area (Å²) in [5, 5.41) is 9.22. The van der Waals surface area contributed by atoms with Gasteiger partial charge < -0.3 is 4.90 Å². The molecule has 1 aromatic carbocycles. The first-order valence-electron chi connectivity index (χ1n) is 8.88. The molecule has 0 saturated carbocycles. The number of carbonyl (C=O) groups is 1. The number of rotatable bonds is 3. The quantitative estimate of drug-likeness (QED) is 0.837. The normalized spacial score (nSPS) is 25.1. The molecule has 0 radical (unpaired) electrons. The monoisotopic (exact) mass is 344 g/mol. The number of likely N-dealkylation sites (tertiary alicyclic amines) is 1. The molecule has 2 heterocycles. The van der Waals surface area contributed by atoms with Crippen LogP contribution in [0.25, 0.3) is 0 Å². The fraction of sp³-hybridized carbons (Fsp3) is 0.579. The van der Waals surface area contributed by atoms with Crippen molar-refractivity contribution in [3.8, 4) is 6.07 Å². The molecule has 5 nitrogen and oxygen atoms in total. The molecule has 0 bridgehead atoms. The first-order chi connectivity index (χ1) is 12.0. The maximum atomic E-state index is 13.3. The van der Waals surface area contributed by atoms with Gasteiger partial charge in [0.1, 0.15) is 5.82 Å². The zero-order valence-electron chi connectivity index (χ0n) is 14.9. The van der Waals surface area contributed by atoms with Crippen molar-refractivity contribution in [3.05, 3.63) is 35.1 Å². The number of amides is 1. The molecule has 3 rings (SSSR count). The molecule has 0 unspecified atom stereocenters. The van der Waals surface area contributed by atoms with E-state index in [-0.39, 0.29) is 11.7 Å². The third-order valence-corrected chi connectivity index (χ3v) is 5.46. The van der Waals surface area contributed by atoms with Gasteiger partial charge in [-0.25, -0.2) is 4.39 Å². The number of benzene rings is 1. The van der Waals surface area contributed by atoms with Crippen LogP contribution in [0.2, 0.25) is 0 Å². The molecule has 25 heavy (non-hydrogen) atoms. The average molecular weight is 344 g/mol. The van der Waals surface area contributed by atoms with Gasteiger partial charge in [-0.3, -0.25) is 14.6 Å². The summed E-state index contributed by atoms with van der Waals surface area (Å²) in [6, 6.07) is 7.03. The van der Waals surface area contributed by atoms with Crippen molar-refractivity contribution in [2.75, 3.05) is 39.3 Å². The summed E-state index contributed by atoms with van der Waals surface area (Å²) in [7, 11) is 0. The number of nitriles is 1. The van der Waals surface area contributed by atoms with Gasteiger partial charge in [0.25, 0.3) is 0 Å². The highest BCUT2D eigenvalue weighted by atomic mass is 19.1. The molecule has 0 spiro atoms. The number of nitrogens with zero attached hydrogens (tertiary/aromatic N) is 4. The van der Waals surface area contributed by atoms with Crippen LogP contribution in [0.1, 0.15) is 25.0 Å². The first kappa shape index (κ1) is 17.8. The van der Waals surface area contributed by atoms with Crippen molar-refractivity contribution in [1.82, 2.24) is 14.7 Å². The minimum atomic E-state index is -0.365. The van der Waals surface area contributed by atoms with E-state index in [0.29, 0.717) is 24.1 Å². The van der Waals surface area contributed by atoms with Gasteiger partial charge in [-0.2, -0.15) is 5.26 Å². The standard InChI is InChI=1S/C19H25FN4O/c1-14-11-22(12-16-3-4-18(20)9-17(16)10-21)13-19(14)24-7-5-23(6-8-24)15(2)25/h3-4,9,14,19H,5-8,11-13H2,1-2H3/t14-,19+/m1/s1.